The Labute approximate surface area is 119 Å². The third-order valence-electron chi connectivity index (χ3n) is 2.76. The fourth-order valence-corrected chi connectivity index (χ4v) is 2.52. The Kier molecular flexibility index (Phi) is 4.43. The zero-order valence-corrected chi connectivity index (χ0v) is 12.0. The standard InChI is InChI=1S/C12H15N3O4S/c1-6-9(11(17)19-2)10(15-12(18)13-6)20-5-8(16)14-7-3-4-7/h7H,3-5H2,1-2H3,(H,14,16)(H,13,15,18). The van der Waals surface area contributed by atoms with Crippen molar-refractivity contribution in [3.05, 3.63) is 21.7 Å². The van der Waals surface area contributed by atoms with E-state index in [4.69, 9.17) is 0 Å². The second-order valence-corrected chi connectivity index (χ2v) is 5.43. The van der Waals surface area contributed by atoms with Gasteiger partial charge >= 0.3 is 11.7 Å². The summed E-state index contributed by atoms with van der Waals surface area (Å²) in [5.74, 6) is -0.611. The topological polar surface area (TPSA) is 101 Å². The lowest BCUT2D eigenvalue weighted by molar-refractivity contribution is -0.118. The summed E-state index contributed by atoms with van der Waals surface area (Å²) in [6, 6.07) is 0.275. The smallest absolute Gasteiger partial charge is 0.346 e. The van der Waals surface area contributed by atoms with Crippen LogP contribution in [0, 0.1) is 6.92 Å². The summed E-state index contributed by atoms with van der Waals surface area (Å²) in [4.78, 5) is 40.9. The van der Waals surface area contributed by atoms with Crippen molar-refractivity contribution in [3.8, 4) is 0 Å². The second-order valence-electron chi connectivity index (χ2n) is 4.47. The van der Waals surface area contributed by atoms with Gasteiger partial charge in [0.05, 0.1) is 12.9 Å². The van der Waals surface area contributed by atoms with E-state index in [0.717, 1.165) is 24.6 Å². The fraction of sp³-hybridized carbons (Fsp3) is 0.500. The maximum Gasteiger partial charge on any atom is 0.346 e. The van der Waals surface area contributed by atoms with Crippen LogP contribution in [0.3, 0.4) is 0 Å². The molecule has 0 spiro atoms. The molecule has 8 heteroatoms. The van der Waals surface area contributed by atoms with Crippen molar-refractivity contribution in [1.29, 1.82) is 0 Å². The molecule has 0 radical (unpaired) electrons. The summed E-state index contributed by atoms with van der Waals surface area (Å²) in [6.45, 7) is 1.59. The highest BCUT2D eigenvalue weighted by atomic mass is 32.2. The van der Waals surface area contributed by atoms with Crippen LogP contribution in [0.5, 0.6) is 0 Å². The molecule has 0 bridgehead atoms. The maximum atomic E-state index is 11.7. The summed E-state index contributed by atoms with van der Waals surface area (Å²) in [5, 5.41) is 3.04. The molecule has 1 fully saturated rings. The largest absolute Gasteiger partial charge is 0.465 e. The molecule has 7 nitrogen and oxygen atoms in total. The summed E-state index contributed by atoms with van der Waals surface area (Å²) < 4.78 is 4.66. The van der Waals surface area contributed by atoms with Crippen molar-refractivity contribution in [2.45, 2.75) is 30.8 Å². The van der Waals surface area contributed by atoms with Crippen LogP contribution >= 0.6 is 11.8 Å². The monoisotopic (exact) mass is 297 g/mol. The number of carbonyl (C=O) groups is 2. The van der Waals surface area contributed by atoms with E-state index in [2.05, 4.69) is 20.0 Å². The molecular weight excluding hydrogens is 282 g/mol. The molecule has 2 N–H and O–H groups in total. The van der Waals surface area contributed by atoms with Crippen LogP contribution in [-0.2, 0) is 9.53 Å². The van der Waals surface area contributed by atoms with E-state index in [-0.39, 0.29) is 28.3 Å². The van der Waals surface area contributed by atoms with Gasteiger partial charge in [0.25, 0.3) is 0 Å². The quantitative estimate of drug-likeness (QED) is 0.458. The highest BCUT2D eigenvalue weighted by molar-refractivity contribution is 8.00. The number of nitrogens with zero attached hydrogens (tertiary/aromatic N) is 1. The average Bonchev–Trinajstić information content (AvgIpc) is 3.18. The molecule has 108 valence electrons. The molecule has 1 amide bonds. The van der Waals surface area contributed by atoms with Gasteiger partial charge in [-0.1, -0.05) is 11.8 Å². The third-order valence-corrected chi connectivity index (χ3v) is 3.73. The van der Waals surface area contributed by atoms with Crippen molar-refractivity contribution in [2.75, 3.05) is 12.9 Å². The number of esters is 1. The predicted octanol–water partition coefficient (Wildman–Crippen LogP) is 0.236. The van der Waals surface area contributed by atoms with Crippen LogP contribution in [-0.4, -0.2) is 40.7 Å². The van der Waals surface area contributed by atoms with E-state index in [1.54, 1.807) is 6.92 Å². The number of hydrogen-bond donors (Lipinski definition) is 2. The summed E-state index contributed by atoms with van der Waals surface area (Å²) >= 11 is 1.05. The average molecular weight is 297 g/mol. The van der Waals surface area contributed by atoms with Crippen LogP contribution in [0.1, 0.15) is 28.9 Å². The number of amides is 1. The Hall–Kier alpha value is -1.83. The number of nitrogens with one attached hydrogen (secondary N) is 2. The minimum atomic E-state index is -0.587. The first kappa shape index (κ1) is 14.6. The molecule has 0 aliphatic heterocycles. The molecule has 0 saturated heterocycles. The van der Waals surface area contributed by atoms with Gasteiger partial charge in [0.2, 0.25) is 5.91 Å². The molecule has 20 heavy (non-hydrogen) atoms. The van der Waals surface area contributed by atoms with E-state index in [1.807, 2.05) is 0 Å². The minimum absolute atomic E-state index is 0.108. The fourth-order valence-electron chi connectivity index (χ4n) is 1.64. The van der Waals surface area contributed by atoms with Gasteiger partial charge in [-0.25, -0.2) is 9.59 Å². The molecule has 0 atom stereocenters. The SMILES string of the molecule is COC(=O)c1c(SCC(=O)NC2CC2)nc(=O)[nH]c1C. The number of aryl methyl sites for hydroxylation is 1. The van der Waals surface area contributed by atoms with Crippen LogP contribution < -0.4 is 11.0 Å². The summed E-state index contributed by atoms with van der Waals surface area (Å²) in [7, 11) is 1.25. The van der Waals surface area contributed by atoms with E-state index in [0.29, 0.717) is 5.69 Å². The molecule has 1 aliphatic carbocycles. The maximum absolute atomic E-state index is 11.7. The third kappa shape index (κ3) is 3.60. The zero-order valence-electron chi connectivity index (χ0n) is 11.2. The number of aromatic nitrogens is 2. The first-order valence-corrected chi connectivity index (χ1v) is 7.11. The number of hydrogen-bond acceptors (Lipinski definition) is 6. The van der Waals surface area contributed by atoms with Crippen LogP contribution in [0.2, 0.25) is 0 Å². The second kappa shape index (κ2) is 6.08. The normalized spacial score (nSPS) is 13.9. The van der Waals surface area contributed by atoms with E-state index in [9.17, 15) is 14.4 Å². The molecular formula is C12H15N3O4S. The minimum Gasteiger partial charge on any atom is -0.465 e. The van der Waals surface area contributed by atoms with Crippen molar-refractivity contribution < 1.29 is 14.3 Å². The Morgan fingerprint density at radius 3 is 2.80 bits per heavy atom. The molecule has 1 aromatic heterocycles. The molecule has 1 saturated carbocycles. The van der Waals surface area contributed by atoms with Gasteiger partial charge in [-0.05, 0) is 19.8 Å². The first-order chi connectivity index (χ1) is 9.51. The molecule has 1 heterocycles. The van der Waals surface area contributed by atoms with Gasteiger partial charge in [-0.2, -0.15) is 4.98 Å². The highest BCUT2D eigenvalue weighted by Crippen LogP contribution is 2.23. The van der Waals surface area contributed by atoms with Gasteiger partial charge in [0.15, 0.2) is 0 Å². The molecule has 0 aromatic carbocycles. The number of methoxy groups -OCH3 is 1. The number of aromatic amines is 1. The van der Waals surface area contributed by atoms with Crippen LogP contribution in [0.4, 0.5) is 0 Å². The Balaban J connectivity index is 2.14. The van der Waals surface area contributed by atoms with Gasteiger partial charge in [-0.15, -0.1) is 0 Å². The van der Waals surface area contributed by atoms with E-state index < -0.39 is 11.7 Å². The van der Waals surface area contributed by atoms with Crippen LogP contribution in [0.15, 0.2) is 9.82 Å². The predicted molar refractivity (Wildman–Crippen MR) is 72.8 cm³/mol. The molecule has 1 aliphatic rings. The van der Waals surface area contributed by atoms with Gasteiger partial charge < -0.3 is 15.0 Å². The summed E-state index contributed by atoms with van der Waals surface area (Å²) in [5.41, 5.74) is 0.0125. The number of H-pyrrole nitrogens is 1. The van der Waals surface area contributed by atoms with Gasteiger partial charge in [-0.3, -0.25) is 4.79 Å². The Bertz CT molecular complexity index is 595. The van der Waals surface area contributed by atoms with Crippen molar-refractivity contribution >= 4 is 23.6 Å². The number of thioether (sulfide) groups is 1. The number of carbonyl (C=O) groups excluding carboxylic acids is 2. The number of rotatable bonds is 5. The van der Waals surface area contributed by atoms with E-state index >= 15 is 0 Å². The van der Waals surface area contributed by atoms with Crippen molar-refractivity contribution in [1.82, 2.24) is 15.3 Å². The Morgan fingerprint density at radius 1 is 1.50 bits per heavy atom. The molecule has 0 unspecified atom stereocenters. The van der Waals surface area contributed by atoms with Crippen molar-refractivity contribution in [3.63, 3.8) is 0 Å². The molecule has 2 rings (SSSR count). The Morgan fingerprint density at radius 2 is 2.20 bits per heavy atom. The van der Waals surface area contributed by atoms with Gasteiger partial charge in [0.1, 0.15) is 10.6 Å². The zero-order chi connectivity index (χ0) is 14.7. The first-order valence-electron chi connectivity index (χ1n) is 6.12. The van der Waals surface area contributed by atoms with E-state index in [1.165, 1.54) is 7.11 Å². The summed E-state index contributed by atoms with van der Waals surface area (Å²) in [6.07, 6.45) is 2.01. The highest BCUT2D eigenvalue weighted by Gasteiger charge is 2.24. The van der Waals surface area contributed by atoms with Gasteiger partial charge in [0, 0.05) is 11.7 Å². The van der Waals surface area contributed by atoms with Crippen molar-refractivity contribution in [2.24, 2.45) is 0 Å². The lowest BCUT2D eigenvalue weighted by Gasteiger charge is -2.08. The lowest BCUT2D eigenvalue weighted by atomic mass is 10.2. The van der Waals surface area contributed by atoms with Crippen LogP contribution in [0.25, 0.3) is 0 Å². The molecule has 1 aromatic rings. The lowest BCUT2D eigenvalue weighted by Crippen LogP contribution is -2.27. The number of ether oxygens (including phenoxy) is 1.